The van der Waals surface area contributed by atoms with Crippen LogP contribution in [0.1, 0.15) is 19.0 Å². The minimum Gasteiger partial charge on any atom is -0.463 e. The summed E-state index contributed by atoms with van der Waals surface area (Å²) in [6, 6.07) is 2.22. The Bertz CT molecular complexity index is 554. The molecule has 3 N–H and O–H groups in total. The van der Waals surface area contributed by atoms with Crippen molar-refractivity contribution in [3.8, 4) is 6.01 Å². The number of anilines is 2. The van der Waals surface area contributed by atoms with E-state index in [2.05, 4.69) is 25.4 Å². The summed E-state index contributed by atoms with van der Waals surface area (Å²) in [7, 11) is 1.91. The predicted octanol–water partition coefficient (Wildman–Crippen LogP) is 0.631. The molecule has 0 aliphatic rings. The second-order valence-electron chi connectivity index (χ2n) is 4.27. The lowest BCUT2D eigenvalue weighted by Crippen LogP contribution is -2.13. The van der Waals surface area contributed by atoms with Crippen LogP contribution in [-0.4, -0.2) is 37.9 Å². The van der Waals surface area contributed by atoms with Crippen molar-refractivity contribution < 1.29 is 4.74 Å². The van der Waals surface area contributed by atoms with E-state index in [-0.39, 0.29) is 12.0 Å². The molecular formula is C12H19N7O. The number of hydrogen-bond acceptors (Lipinski definition) is 7. The molecule has 0 saturated heterocycles. The zero-order valence-corrected chi connectivity index (χ0v) is 11.7. The van der Waals surface area contributed by atoms with Crippen LogP contribution in [0.15, 0.2) is 12.3 Å². The average Bonchev–Trinajstić information content (AvgIpc) is 2.82. The number of rotatable bonds is 7. The summed E-state index contributed by atoms with van der Waals surface area (Å²) in [5.74, 6) is 0.569. The number of aromatic nitrogens is 5. The zero-order valence-electron chi connectivity index (χ0n) is 11.7. The molecule has 8 nitrogen and oxygen atoms in total. The number of aryl methyl sites for hydroxylation is 1. The molecule has 0 bridgehead atoms. The molecule has 2 heterocycles. The average molecular weight is 277 g/mol. The van der Waals surface area contributed by atoms with E-state index in [1.165, 1.54) is 0 Å². The number of hydrogen-bond donors (Lipinski definition) is 2. The second kappa shape index (κ2) is 6.69. The van der Waals surface area contributed by atoms with Crippen LogP contribution in [0.4, 0.5) is 11.9 Å². The first-order valence-corrected chi connectivity index (χ1v) is 6.54. The molecule has 108 valence electrons. The van der Waals surface area contributed by atoms with Crippen molar-refractivity contribution in [2.24, 2.45) is 7.05 Å². The lowest BCUT2D eigenvalue weighted by Gasteiger charge is -2.07. The molecule has 0 aliphatic heterocycles. The molecule has 20 heavy (non-hydrogen) atoms. The third kappa shape index (κ3) is 3.81. The number of nitrogens with one attached hydrogen (secondary N) is 1. The van der Waals surface area contributed by atoms with Crippen molar-refractivity contribution in [3.05, 3.63) is 18.0 Å². The second-order valence-corrected chi connectivity index (χ2v) is 4.27. The third-order valence-corrected chi connectivity index (χ3v) is 2.65. The van der Waals surface area contributed by atoms with Crippen LogP contribution in [0.5, 0.6) is 6.01 Å². The molecular weight excluding hydrogens is 258 g/mol. The highest BCUT2D eigenvalue weighted by Crippen LogP contribution is 2.09. The molecule has 2 rings (SSSR count). The van der Waals surface area contributed by atoms with Crippen molar-refractivity contribution >= 4 is 11.9 Å². The summed E-state index contributed by atoms with van der Waals surface area (Å²) < 4.78 is 7.18. The number of nitrogen functional groups attached to an aromatic ring is 1. The van der Waals surface area contributed by atoms with Gasteiger partial charge in [-0.05, 0) is 12.5 Å². The van der Waals surface area contributed by atoms with Crippen molar-refractivity contribution in [2.75, 3.05) is 24.2 Å². The first-order valence-electron chi connectivity index (χ1n) is 6.54. The molecule has 0 amide bonds. The van der Waals surface area contributed by atoms with E-state index >= 15 is 0 Å². The topological polar surface area (TPSA) is 104 Å². The molecule has 0 aromatic carbocycles. The van der Waals surface area contributed by atoms with Gasteiger partial charge in [-0.15, -0.1) is 0 Å². The normalized spacial score (nSPS) is 10.5. The SMILES string of the molecule is CCCOc1nc(N)nc(NCCc2ccnn2C)n1. The Morgan fingerprint density at radius 3 is 2.90 bits per heavy atom. The first kappa shape index (κ1) is 14.0. The van der Waals surface area contributed by atoms with Crippen LogP contribution >= 0.6 is 0 Å². The Kier molecular flexibility index (Phi) is 4.70. The lowest BCUT2D eigenvalue weighted by molar-refractivity contribution is 0.292. The molecule has 8 heteroatoms. The largest absolute Gasteiger partial charge is 0.463 e. The molecule has 0 fully saturated rings. The molecule has 2 aromatic heterocycles. The van der Waals surface area contributed by atoms with Crippen LogP contribution in [-0.2, 0) is 13.5 Å². The quantitative estimate of drug-likeness (QED) is 0.765. The number of nitrogens with zero attached hydrogens (tertiary/aromatic N) is 5. The van der Waals surface area contributed by atoms with Gasteiger partial charge in [-0.25, -0.2) is 0 Å². The van der Waals surface area contributed by atoms with Crippen LogP contribution in [0.25, 0.3) is 0 Å². The molecule has 0 atom stereocenters. The summed E-state index contributed by atoms with van der Waals surface area (Å²) >= 11 is 0. The number of nitrogens with two attached hydrogens (primary N) is 1. The third-order valence-electron chi connectivity index (χ3n) is 2.65. The highest BCUT2D eigenvalue weighted by molar-refractivity contribution is 5.32. The maximum Gasteiger partial charge on any atom is 0.323 e. The fourth-order valence-corrected chi connectivity index (χ4v) is 1.66. The van der Waals surface area contributed by atoms with Gasteiger partial charge in [0.1, 0.15) is 0 Å². The van der Waals surface area contributed by atoms with Gasteiger partial charge in [0, 0.05) is 31.9 Å². The van der Waals surface area contributed by atoms with Gasteiger partial charge < -0.3 is 15.8 Å². The zero-order chi connectivity index (χ0) is 14.4. The van der Waals surface area contributed by atoms with E-state index in [9.17, 15) is 0 Å². The maximum absolute atomic E-state index is 5.63. The fourth-order valence-electron chi connectivity index (χ4n) is 1.66. The maximum atomic E-state index is 5.63. The minimum absolute atomic E-state index is 0.147. The van der Waals surface area contributed by atoms with Gasteiger partial charge in [-0.1, -0.05) is 6.92 Å². The van der Waals surface area contributed by atoms with Gasteiger partial charge in [0.05, 0.1) is 6.61 Å². The molecule has 2 aromatic rings. The highest BCUT2D eigenvalue weighted by atomic mass is 16.5. The highest BCUT2D eigenvalue weighted by Gasteiger charge is 2.05. The Labute approximate surface area is 117 Å². The van der Waals surface area contributed by atoms with Gasteiger partial charge >= 0.3 is 6.01 Å². The van der Waals surface area contributed by atoms with E-state index in [1.807, 2.05) is 24.7 Å². The van der Waals surface area contributed by atoms with Gasteiger partial charge in [-0.3, -0.25) is 4.68 Å². The van der Waals surface area contributed by atoms with Crippen molar-refractivity contribution in [1.82, 2.24) is 24.7 Å². The van der Waals surface area contributed by atoms with Crippen LogP contribution < -0.4 is 15.8 Å². The Morgan fingerprint density at radius 2 is 2.20 bits per heavy atom. The summed E-state index contributed by atoms with van der Waals surface area (Å²) in [5, 5.41) is 7.22. The van der Waals surface area contributed by atoms with Crippen LogP contribution in [0, 0.1) is 0 Å². The first-order chi connectivity index (χ1) is 9.69. The van der Waals surface area contributed by atoms with Crippen molar-refractivity contribution in [2.45, 2.75) is 19.8 Å². The summed E-state index contributed by atoms with van der Waals surface area (Å²) in [5.41, 5.74) is 6.75. The van der Waals surface area contributed by atoms with Gasteiger partial charge in [0.25, 0.3) is 0 Å². The number of ether oxygens (including phenoxy) is 1. The molecule has 0 saturated carbocycles. The van der Waals surface area contributed by atoms with E-state index in [4.69, 9.17) is 10.5 Å². The van der Waals surface area contributed by atoms with E-state index < -0.39 is 0 Å². The van der Waals surface area contributed by atoms with Gasteiger partial charge in [-0.2, -0.15) is 20.1 Å². The van der Waals surface area contributed by atoms with Gasteiger partial charge in [0.2, 0.25) is 11.9 Å². The summed E-state index contributed by atoms with van der Waals surface area (Å²) in [6.45, 7) is 3.24. The van der Waals surface area contributed by atoms with Crippen molar-refractivity contribution in [3.63, 3.8) is 0 Å². The summed E-state index contributed by atoms with van der Waals surface area (Å²) in [6.07, 6.45) is 3.47. The molecule has 0 aliphatic carbocycles. The molecule has 0 radical (unpaired) electrons. The summed E-state index contributed by atoms with van der Waals surface area (Å²) in [4.78, 5) is 12.1. The molecule has 0 unspecified atom stereocenters. The van der Waals surface area contributed by atoms with Crippen LogP contribution in [0.2, 0.25) is 0 Å². The van der Waals surface area contributed by atoms with E-state index in [0.717, 1.165) is 18.5 Å². The monoisotopic (exact) mass is 277 g/mol. The molecule has 0 spiro atoms. The fraction of sp³-hybridized carbons (Fsp3) is 0.500. The Balaban J connectivity index is 1.91. The Morgan fingerprint density at radius 1 is 1.35 bits per heavy atom. The van der Waals surface area contributed by atoms with E-state index in [0.29, 0.717) is 19.1 Å². The standard InChI is InChI=1S/C12H19N7O/c1-3-8-20-12-17-10(13)16-11(18-12)14-6-4-9-5-7-15-19(9)2/h5,7H,3-4,6,8H2,1-2H3,(H3,13,14,16,17,18). The van der Waals surface area contributed by atoms with Crippen LogP contribution in [0.3, 0.4) is 0 Å². The predicted molar refractivity (Wildman–Crippen MR) is 75.4 cm³/mol. The Hall–Kier alpha value is -2.38. The van der Waals surface area contributed by atoms with Crippen molar-refractivity contribution in [1.29, 1.82) is 0 Å². The minimum atomic E-state index is 0.147. The lowest BCUT2D eigenvalue weighted by atomic mass is 10.3. The van der Waals surface area contributed by atoms with E-state index in [1.54, 1.807) is 6.20 Å². The van der Waals surface area contributed by atoms with Gasteiger partial charge in [0.15, 0.2) is 0 Å². The smallest absolute Gasteiger partial charge is 0.323 e.